The van der Waals surface area contributed by atoms with Gasteiger partial charge in [-0.2, -0.15) is 0 Å². The number of anilines is 1. The largest absolute Gasteiger partial charge is 0.322 e. The van der Waals surface area contributed by atoms with E-state index in [0.717, 1.165) is 9.87 Å². The Morgan fingerprint density at radius 3 is 2.36 bits per heavy atom. The lowest BCUT2D eigenvalue weighted by atomic mass is 10.1. The monoisotopic (exact) mass is 362 g/mol. The average Bonchev–Trinajstić information content (AvgIpc) is 2.55. The predicted octanol–water partition coefficient (Wildman–Crippen LogP) is 3.12. The lowest BCUT2D eigenvalue weighted by Gasteiger charge is -2.12. The number of rotatable bonds is 5. The van der Waals surface area contributed by atoms with Gasteiger partial charge in [0.25, 0.3) is 0 Å². The van der Waals surface area contributed by atoms with Crippen LogP contribution in [-0.2, 0) is 14.8 Å². The maximum atomic E-state index is 12.9. The molecule has 2 aromatic carbocycles. The number of hydrogen-bond acceptors (Lipinski definition) is 3. The maximum absolute atomic E-state index is 12.9. The molecule has 0 saturated carbocycles. The molecular formula is C18H19FN2O3S. The van der Waals surface area contributed by atoms with E-state index in [1.165, 1.54) is 44.4 Å². The molecule has 25 heavy (non-hydrogen) atoms. The fourth-order valence-electron chi connectivity index (χ4n) is 2.12. The number of halogens is 1. The van der Waals surface area contributed by atoms with Gasteiger partial charge in [0.2, 0.25) is 15.9 Å². The number of nitrogens with zero attached hydrogens (tertiary/aromatic N) is 1. The molecule has 0 spiro atoms. The quantitative estimate of drug-likeness (QED) is 0.831. The van der Waals surface area contributed by atoms with E-state index < -0.39 is 15.9 Å². The van der Waals surface area contributed by atoms with Gasteiger partial charge in [0.05, 0.1) is 4.90 Å². The fourth-order valence-corrected chi connectivity index (χ4v) is 3.06. The van der Waals surface area contributed by atoms with Crippen molar-refractivity contribution >= 4 is 27.2 Å². The first-order chi connectivity index (χ1) is 11.7. The van der Waals surface area contributed by atoms with E-state index in [1.807, 2.05) is 0 Å². The molecule has 0 fully saturated rings. The first-order valence-electron chi connectivity index (χ1n) is 7.48. The van der Waals surface area contributed by atoms with Crippen molar-refractivity contribution < 1.29 is 17.6 Å². The lowest BCUT2D eigenvalue weighted by molar-refractivity contribution is -0.111. The Bertz CT molecular complexity index is 904. The number of benzene rings is 2. The van der Waals surface area contributed by atoms with Crippen LogP contribution in [-0.4, -0.2) is 32.7 Å². The Morgan fingerprint density at radius 2 is 1.76 bits per heavy atom. The van der Waals surface area contributed by atoms with Gasteiger partial charge in [0.1, 0.15) is 5.82 Å². The van der Waals surface area contributed by atoms with Crippen LogP contribution in [0.1, 0.15) is 12.5 Å². The van der Waals surface area contributed by atoms with Crippen LogP contribution < -0.4 is 5.32 Å². The molecule has 0 heterocycles. The van der Waals surface area contributed by atoms with Crippen LogP contribution in [0.2, 0.25) is 0 Å². The number of amides is 1. The van der Waals surface area contributed by atoms with E-state index in [1.54, 1.807) is 31.2 Å². The predicted molar refractivity (Wildman–Crippen MR) is 96.0 cm³/mol. The zero-order valence-corrected chi connectivity index (χ0v) is 15.0. The second-order valence-corrected chi connectivity index (χ2v) is 7.79. The van der Waals surface area contributed by atoms with Crippen molar-refractivity contribution in [1.29, 1.82) is 0 Å². The van der Waals surface area contributed by atoms with Crippen LogP contribution in [0, 0.1) is 5.82 Å². The zero-order chi connectivity index (χ0) is 18.6. The summed E-state index contributed by atoms with van der Waals surface area (Å²) in [7, 11) is -0.694. The van der Waals surface area contributed by atoms with Gasteiger partial charge >= 0.3 is 0 Å². The number of allylic oxidation sites excluding steroid dienone is 1. The lowest BCUT2D eigenvalue weighted by Crippen LogP contribution is -2.22. The molecule has 0 radical (unpaired) electrons. The minimum atomic E-state index is -3.57. The van der Waals surface area contributed by atoms with Gasteiger partial charge in [-0.25, -0.2) is 17.1 Å². The zero-order valence-electron chi connectivity index (χ0n) is 14.2. The Morgan fingerprint density at radius 1 is 1.12 bits per heavy atom. The molecule has 0 bridgehead atoms. The van der Waals surface area contributed by atoms with Gasteiger partial charge in [-0.05, 0) is 48.4 Å². The van der Waals surface area contributed by atoms with Crippen molar-refractivity contribution in [2.75, 3.05) is 19.4 Å². The van der Waals surface area contributed by atoms with Crippen molar-refractivity contribution in [2.24, 2.45) is 0 Å². The summed E-state index contributed by atoms with van der Waals surface area (Å²) in [5, 5.41) is 2.63. The molecule has 1 amide bonds. The van der Waals surface area contributed by atoms with Crippen molar-refractivity contribution in [1.82, 2.24) is 4.31 Å². The third-order valence-corrected chi connectivity index (χ3v) is 5.34. The summed E-state index contributed by atoms with van der Waals surface area (Å²) in [5.74, 6) is -0.749. The van der Waals surface area contributed by atoms with Crippen LogP contribution in [0.15, 0.2) is 59.5 Å². The number of sulfonamides is 1. The number of carbonyl (C=O) groups excluding carboxylic acids is 1. The molecule has 0 aromatic heterocycles. The molecule has 132 valence electrons. The van der Waals surface area contributed by atoms with E-state index in [4.69, 9.17) is 0 Å². The van der Waals surface area contributed by atoms with Crippen LogP contribution >= 0.6 is 0 Å². The second kappa shape index (κ2) is 7.58. The molecule has 0 aliphatic heterocycles. The van der Waals surface area contributed by atoms with Crippen molar-refractivity contribution in [3.8, 4) is 0 Å². The maximum Gasteiger partial charge on any atom is 0.248 e. The van der Waals surface area contributed by atoms with E-state index in [0.29, 0.717) is 11.3 Å². The summed E-state index contributed by atoms with van der Waals surface area (Å²) in [6.45, 7) is 1.74. The highest BCUT2D eigenvalue weighted by Gasteiger charge is 2.17. The van der Waals surface area contributed by atoms with E-state index in [2.05, 4.69) is 5.32 Å². The number of carbonyl (C=O) groups is 1. The molecular weight excluding hydrogens is 343 g/mol. The van der Waals surface area contributed by atoms with Gasteiger partial charge in [0.15, 0.2) is 0 Å². The van der Waals surface area contributed by atoms with Gasteiger partial charge < -0.3 is 5.32 Å². The topological polar surface area (TPSA) is 66.5 Å². The summed E-state index contributed by atoms with van der Waals surface area (Å²) in [5.41, 5.74) is 1.76. The normalized spacial score (nSPS) is 12.3. The van der Waals surface area contributed by atoms with Crippen molar-refractivity contribution in [3.05, 3.63) is 66.0 Å². The number of hydrogen-bond donors (Lipinski definition) is 1. The van der Waals surface area contributed by atoms with Gasteiger partial charge in [-0.15, -0.1) is 0 Å². The Balaban J connectivity index is 2.18. The van der Waals surface area contributed by atoms with Gasteiger partial charge in [-0.1, -0.05) is 18.2 Å². The Kier molecular flexibility index (Phi) is 5.71. The first-order valence-corrected chi connectivity index (χ1v) is 8.92. The summed E-state index contributed by atoms with van der Waals surface area (Å²) in [4.78, 5) is 12.2. The second-order valence-electron chi connectivity index (χ2n) is 5.64. The molecule has 0 unspecified atom stereocenters. The first kappa shape index (κ1) is 18.8. The molecule has 2 aromatic rings. The molecule has 2 rings (SSSR count). The van der Waals surface area contributed by atoms with Crippen molar-refractivity contribution in [2.45, 2.75) is 11.8 Å². The van der Waals surface area contributed by atoms with E-state index in [9.17, 15) is 17.6 Å². The smallest absolute Gasteiger partial charge is 0.248 e. The molecule has 7 heteroatoms. The highest BCUT2D eigenvalue weighted by atomic mass is 32.2. The van der Waals surface area contributed by atoms with Gasteiger partial charge in [-0.3, -0.25) is 4.79 Å². The summed E-state index contributed by atoms with van der Waals surface area (Å²) in [6, 6.07) is 11.8. The molecule has 0 atom stereocenters. The van der Waals surface area contributed by atoms with Crippen LogP contribution in [0.4, 0.5) is 10.1 Å². The highest BCUT2D eigenvalue weighted by molar-refractivity contribution is 7.89. The minimum Gasteiger partial charge on any atom is -0.322 e. The standard InChI is InChI=1S/C18H19FN2O3S/c1-13(14-7-9-15(19)10-8-14)11-18(22)20-16-5-4-6-17(12-16)25(23,24)21(2)3/h4-12H,1-3H3,(H,20,22)/b13-11-. The molecule has 0 saturated heterocycles. The average molecular weight is 362 g/mol. The molecule has 0 aliphatic carbocycles. The van der Waals surface area contributed by atoms with Crippen LogP contribution in [0.3, 0.4) is 0 Å². The SMILES string of the molecule is C/C(=C/C(=O)Nc1cccc(S(=O)(=O)N(C)C)c1)c1ccc(F)cc1. The van der Waals surface area contributed by atoms with E-state index in [-0.39, 0.29) is 10.7 Å². The Labute approximate surface area is 146 Å². The third kappa shape index (κ3) is 4.74. The molecule has 5 nitrogen and oxygen atoms in total. The Hall–Kier alpha value is -2.51. The minimum absolute atomic E-state index is 0.0922. The molecule has 0 aliphatic rings. The summed E-state index contributed by atoms with van der Waals surface area (Å²) in [6.07, 6.45) is 1.38. The molecule has 1 N–H and O–H groups in total. The highest BCUT2D eigenvalue weighted by Crippen LogP contribution is 2.19. The fraction of sp³-hybridized carbons (Fsp3) is 0.167. The van der Waals surface area contributed by atoms with Crippen LogP contribution in [0.5, 0.6) is 0 Å². The number of nitrogens with one attached hydrogen (secondary N) is 1. The third-order valence-electron chi connectivity index (χ3n) is 3.53. The van der Waals surface area contributed by atoms with Gasteiger partial charge in [0, 0.05) is 25.9 Å². The summed E-state index contributed by atoms with van der Waals surface area (Å²) >= 11 is 0. The van der Waals surface area contributed by atoms with Crippen molar-refractivity contribution in [3.63, 3.8) is 0 Å². The summed E-state index contributed by atoms with van der Waals surface area (Å²) < 4.78 is 38.3. The van der Waals surface area contributed by atoms with E-state index >= 15 is 0 Å². The van der Waals surface area contributed by atoms with Crippen LogP contribution in [0.25, 0.3) is 5.57 Å².